The lowest BCUT2D eigenvalue weighted by Crippen LogP contribution is -2.12. The van der Waals surface area contributed by atoms with Gasteiger partial charge in [-0.3, -0.25) is 0 Å². The SMILES string of the molecule is C[C@H](CO)[C@H](O)c1ccc(OC2CC2)cc1. The number of ether oxygens (including phenoxy) is 1. The summed E-state index contributed by atoms with van der Waals surface area (Å²) in [7, 11) is 0. The third kappa shape index (κ3) is 2.74. The summed E-state index contributed by atoms with van der Waals surface area (Å²) < 4.78 is 5.62. The quantitative estimate of drug-likeness (QED) is 0.800. The molecule has 0 aromatic heterocycles. The van der Waals surface area contributed by atoms with Crippen LogP contribution in [0, 0.1) is 5.92 Å². The smallest absolute Gasteiger partial charge is 0.119 e. The molecule has 0 spiro atoms. The van der Waals surface area contributed by atoms with Crippen LogP contribution in [0.3, 0.4) is 0 Å². The van der Waals surface area contributed by atoms with E-state index in [1.54, 1.807) is 0 Å². The fourth-order valence-electron chi connectivity index (χ4n) is 1.55. The van der Waals surface area contributed by atoms with Gasteiger partial charge in [0.1, 0.15) is 5.75 Å². The maximum Gasteiger partial charge on any atom is 0.119 e. The highest BCUT2D eigenvalue weighted by atomic mass is 16.5. The van der Waals surface area contributed by atoms with Gasteiger partial charge < -0.3 is 14.9 Å². The lowest BCUT2D eigenvalue weighted by atomic mass is 9.98. The molecule has 0 heterocycles. The second-order valence-corrected chi connectivity index (χ2v) is 4.49. The molecule has 0 unspecified atom stereocenters. The molecule has 2 N–H and O–H groups in total. The van der Waals surface area contributed by atoms with E-state index in [0.717, 1.165) is 24.2 Å². The Morgan fingerprint density at radius 2 is 1.94 bits per heavy atom. The predicted molar refractivity (Wildman–Crippen MR) is 61.3 cm³/mol. The molecule has 1 aliphatic carbocycles. The van der Waals surface area contributed by atoms with Crippen molar-refractivity contribution in [2.45, 2.75) is 32.0 Å². The zero-order valence-electron chi connectivity index (χ0n) is 9.47. The molecule has 3 heteroatoms. The van der Waals surface area contributed by atoms with Crippen LogP contribution >= 0.6 is 0 Å². The molecule has 1 aliphatic rings. The van der Waals surface area contributed by atoms with Crippen molar-refractivity contribution < 1.29 is 14.9 Å². The van der Waals surface area contributed by atoms with Crippen molar-refractivity contribution in [3.8, 4) is 5.75 Å². The Hall–Kier alpha value is -1.06. The van der Waals surface area contributed by atoms with Crippen LogP contribution in [0.1, 0.15) is 31.4 Å². The maximum absolute atomic E-state index is 9.87. The highest BCUT2D eigenvalue weighted by Crippen LogP contribution is 2.28. The molecule has 1 saturated carbocycles. The molecule has 0 bridgehead atoms. The second-order valence-electron chi connectivity index (χ2n) is 4.49. The molecule has 0 radical (unpaired) electrons. The van der Waals surface area contributed by atoms with Gasteiger partial charge in [0.05, 0.1) is 12.2 Å². The Balaban J connectivity index is 1.99. The van der Waals surface area contributed by atoms with Crippen LogP contribution in [0.5, 0.6) is 5.75 Å². The first-order valence-electron chi connectivity index (χ1n) is 5.76. The lowest BCUT2D eigenvalue weighted by Gasteiger charge is -2.17. The number of benzene rings is 1. The van der Waals surface area contributed by atoms with Gasteiger partial charge in [-0.05, 0) is 30.5 Å². The average molecular weight is 222 g/mol. The molecule has 1 aromatic carbocycles. The first-order chi connectivity index (χ1) is 7.70. The van der Waals surface area contributed by atoms with Gasteiger partial charge in [-0.1, -0.05) is 19.1 Å². The summed E-state index contributed by atoms with van der Waals surface area (Å²) in [6.45, 7) is 1.81. The Morgan fingerprint density at radius 3 is 2.44 bits per heavy atom. The van der Waals surface area contributed by atoms with Crippen LogP contribution in [0.15, 0.2) is 24.3 Å². The summed E-state index contributed by atoms with van der Waals surface area (Å²) in [6, 6.07) is 7.46. The summed E-state index contributed by atoms with van der Waals surface area (Å²) in [4.78, 5) is 0. The van der Waals surface area contributed by atoms with Gasteiger partial charge in [-0.2, -0.15) is 0 Å². The van der Waals surface area contributed by atoms with E-state index in [1.165, 1.54) is 0 Å². The molecule has 1 aromatic rings. The number of rotatable bonds is 5. The van der Waals surface area contributed by atoms with Crippen molar-refractivity contribution in [2.75, 3.05) is 6.61 Å². The molecule has 3 nitrogen and oxygen atoms in total. The Labute approximate surface area is 95.7 Å². The number of aliphatic hydroxyl groups excluding tert-OH is 2. The van der Waals surface area contributed by atoms with Crippen molar-refractivity contribution in [1.82, 2.24) is 0 Å². The summed E-state index contributed by atoms with van der Waals surface area (Å²) >= 11 is 0. The van der Waals surface area contributed by atoms with Gasteiger partial charge in [0, 0.05) is 12.5 Å². The van der Waals surface area contributed by atoms with E-state index in [1.807, 2.05) is 31.2 Å². The zero-order valence-corrected chi connectivity index (χ0v) is 9.47. The van der Waals surface area contributed by atoms with E-state index < -0.39 is 6.10 Å². The van der Waals surface area contributed by atoms with Crippen LogP contribution in [-0.2, 0) is 0 Å². The number of aliphatic hydroxyl groups is 2. The minimum Gasteiger partial charge on any atom is -0.490 e. The Morgan fingerprint density at radius 1 is 1.31 bits per heavy atom. The Kier molecular flexibility index (Phi) is 3.46. The van der Waals surface area contributed by atoms with Crippen molar-refractivity contribution in [2.24, 2.45) is 5.92 Å². The van der Waals surface area contributed by atoms with E-state index >= 15 is 0 Å². The fraction of sp³-hybridized carbons (Fsp3) is 0.538. The van der Waals surface area contributed by atoms with Gasteiger partial charge >= 0.3 is 0 Å². The molecule has 0 saturated heterocycles. The zero-order chi connectivity index (χ0) is 11.5. The molecule has 2 rings (SSSR count). The standard InChI is InChI=1S/C13H18O3/c1-9(8-14)13(15)10-2-4-11(5-3-10)16-12-6-7-12/h2-5,9,12-15H,6-8H2,1H3/t9-,13+/m1/s1. The first kappa shape index (κ1) is 11.4. The maximum atomic E-state index is 9.87. The topological polar surface area (TPSA) is 49.7 Å². The molecule has 0 amide bonds. The molecule has 1 fully saturated rings. The molecule has 88 valence electrons. The van der Waals surface area contributed by atoms with Crippen molar-refractivity contribution in [3.63, 3.8) is 0 Å². The van der Waals surface area contributed by atoms with Crippen molar-refractivity contribution in [3.05, 3.63) is 29.8 Å². The molecule has 16 heavy (non-hydrogen) atoms. The predicted octanol–water partition coefficient (Wildman–Crippen LogP) is 1.89. The van der Waals surface area contributed by atoms with Crippen LogP contribution in [0.2, 0.25) is 0 Å². The van der Waals surface area contributed by atoms with Gasteiger partial charge in [-0.15, -0.1) is 0 Å². The largest absolute Gasteiger partial charge is 0.490 e. The van der Waals surface area contributed by atoms with E-state index in [4.69, 9.17) is 9.84 Å². The van der Waals surface area contributed by atoms with E-state index in [2.05, 4.69) is 0 Å². The number of hydrogen-bond acceptors (Lipinski definition) is 3. The van der Waals surface area contributed by atoms with E-state index in [0.29, 0.717) is 6.10 Å². The fourth-order valence-corrected chi connectivity index (χ4v) is 1.55. The van der Waals surface area contributed by atoms with Gasteiger partial charge in [-0.25, -0.2) is 0 Å². The van der Waals surface area contributed by atoms with Crippen LogP contribution < -0.4 is 4.74 Å². The second kappa shape index (κ2) is 4.85. The third-order valence-corrected chi connectivity index (χ3v) is 2.88. The normalized spacial score (nSPS) is 19.2. The van der Waals surface area contributed by atoms with E-state index in [-0.39, 0.29) is 12.5 Å². The molecular formula is C13H18O3. The van der Waals surface area contributed by atoms with Gasteiger partial charge in [0.2, 0.25) is 0 Å². The van der Waals surface area contributed by atoms with Crippen LogP contribution in [0.4, 0.5) is 0 Å². The Bertz CT molecular complexity index is 330. The van der Waals surface area contributed by atoms with Crippen molar-refractivity contribution in [1.29, 1.82) is 0 Å². The minimum atomic E-state index is -0.611. The first-order valence-corrected chi connectivity index (χ1v) is 5.76. The summed E-state index contributed by atoms with van der Waals surface area (Å²) in [5.74, 6) is 0.713. The monoisotopic (exact) mass is 222 g/mol. The average Bonchev–Trinajstić information content (AvgIpc) is 3.12. The van der Waals surface area contributed by atoms with Crippen molar-refractivity contribution >= 4 is 0 Å². The van der Waals surface area contributed by atoms with Gasteiger partial charge in [0.15, 0.2) is 0 Å². The van der Waals surface area contributed by atoms with Gasteiger partial charge in [0.25, 0.3) is 0 Å². The minimum absolute atomic E-state index is 0.0124. The van der Waals surface area contributed by atoms with Crippen LogP contribution in [0.25, 0.3) is 0 Å². The highest BCUT2D eigenvalue weighted by Gasteiger charge is 2.23. The molecule has 0 aliphatic heterocycles. The lowest BCUT2D eigenvalue weighted by molar-refractivity contribution is 0.0770. The third-order valence-electron chi connectivity index (χ3n) is 2.88. The van der Waals surface area contributed by atoms with E-state index in [9.17, 15) is 5.11 Å². The molecule has 2 atom stereocenters. The summed E-state index contributed by atoms with van der Waals surface area (Å²) in [5, 5.41) is 18.8. The summed E-state index contributed by atoms with van der Waals surface area (Å²) in [6.07, 6.45) is 2.07. The number of hydrogen-bond donors (Lipinski definition) is 2. The van der Waals surface area contributed by atoms with Crippen LogP contribution in [-0.4, -0.2) is 22.9 Å². The summed E-state index contributed by atoms with van der Waals surface area (Å²) in [5.41, 5.74) is 0.824. The molecular weight excluding hydrogens is 204 g/mol. The highest BCUT2D eigenvalue weighted by molar-refractivity contribution is 5.29.